The number of aromatic nitrogens is 2. The summed E-state index contributed by atoms with van der Waals surface area (Å²) < 4.78 is 5.39. The Hall–Kier alpha value is -1.16. The molecule has 1 aliphatic rings. The Kier molecular flexibility index (Phi) is 2.93. The molecule has 0 amide bonds. The van der Waals surface area contributed by atoms with Crippen molar-refractivity contribution < 1.29 is 4.74 Å². The molecule has 1 fully saturated rings. The average molecular weight is 193 g/mol. The van der Waals surface area contributed by atoms with Crippen molar-refractivity contribution in [3.63, 3.8) is 0 Å². The van der Waals surface area contributed by atoms with Gasteiger partial charge in [-0.25, -0.2) is 4.98 Å². The summed E-state index contributed by atoms with van der Waals surface area (Å²) in [5.74, 6) is 0.835. The quantitative estimate of drug-likeness (QED) is 0.789. The monoisotopic (exact) mass is 193 g/mol. The molecule has 2 rings (SSSR count). The Balaban J connectivity index is 1.97. The van der Waals surface area contributed by atoms with Gasteiger partial charge in [-0.3, -0.25) is 4.98 Å². The number of ether oxygens (including phenoxy) is 1. The molecule has 1 saturated carbocycles. The first-order valence-electron chi connectivity index (χ1n) is 4.95. The zero-order valence-electron chi connectivity index (χ0n) is 8.31. The van der Waals surface area contributed by atoms with Gasteiger partial charge in [-0.2, -0.15) is 0 Å². The summed E-state index contributed by atoms with van der Waals surface area (Å²) in [5, 5.41) is 3.34. The van der Waals surface area contributed by atoms with Crippen LogP contribution in [0.3, 0.4) is 0 Å². The number of anilines is 1. The zero-order valence-corrected chi connectivity index (χ0v) is 8.31. The van der Waals surface area contributed by atoms with Crippen LogP contribution in [0, 0.1) is 0 Å². The van der Waals surface area contributed by atoms with Gasteiger partial charge >= 0.3 is 0 Å². The second-order valence-electron chi connectivity index (χ2n) is 3.55. The molecule has 2 unspecified atom stereocenters. The topological polar surface area (TPSA) is 47.0 Å². The molecule has 1 N–H and O–H groups in total. The number of methoxy groups -OCH3 is 1. The van der Waals surface area contributed by atoms with E-state index < -0.39 is 0 Å². The van der Waals surface area contributed by atoms with Crippen molar-refractivity contribution in [1.82, 2.24) is 9.97 Å². The predicted molar refractivity (Wildman–Crippen MR) is 54.1 cm³/mol. The average Bonchev–Trinajstić information content (AvgIpc) is 2.67. The molecule has 4 nitrogen and oxygen atoms in total. The summed E-state index contributed by atoms with van der Waals surface area (Å²) in [4.78, 5) is 8.19. The predicted octanol–water partition coefficient (Wildman–Crippen LogP) is 1.46. The van der Waals surface area contributed by atoms with Gasteiger partial charge in [-0.1, -0.05) is 0 Å². The zero-order chi connectivity index (χ0) is 9.80. The molecule has 0 aromatic carbocycles. The lowest BCUT2D eigenvalue weighted by molar-refractivity contribution is 0.101. The number of nitrogens with zero attached hydrogens (tertiary/aromatic N) is 2. The first-order valence-corrected chi connectivity index (χ1v) is 4.95. The van der Waals surface area contributed by atoms with Gasteiger partial charge in [-0.05, 0) is 19.3 Å². The van der Waals surface area contributed by atoms with Crippen LogP contribution in [0.1, 0.15) is 19.3 Å². The third kappa shape index (κ3) is 2.01. The molecule has 1 aliphatic carbocycles. The molecule has 0 aliphatic heterocycles. The van der Waals surface area contributed by atoms with Gasteiger partial charge < -0.3 is 10.1 Å². The molecule has 4 heteroatoms. The van der Waals surface area contributed by atoms with Gasteiger partial charge in [0.25, 0.3) is 0 Å². The Morgan fingerprint density at radius 3 is 3.07 bits per heavy atom. The van der Waals surface area contributed by atoms with Gasteiger partial charge in [0, 0.05) is 19.5 Å². The molecule has 1 aromatic heterocycles. The maximum Gasteiger partial charge on any atom is 0.144 e. The second kappa shape index (κ2) is 4.37. The smallest absolute Gasteiger partial charge is 0.144 e. The highest BCUT2D eigenvalue weighted by molar-refractivity contribution is 5.32. The molecular weight excluding hydrogens is 178 g/mol. The largest absolute Gasteiger partial charge is 0.379 e. The minimum atomic E-state index is 0.317. The molecule has 0 bridgehead atoms. The third-order valence-corrected chi connectivity index (χ3v) is 2.65. The van der Waals surface area contributed by atoms with Crippen LogP contribution in [0.2, 0.25) is 0 Å². The van der Waals surface area contributed by atoms with E-state index in [1.165, 1.54) is 6.42 Å². The van der Waals surface area contributed by atoms with Crippen LogP contribution in [-0.2, 0) is 4.74 Å². The molecule has 0 radical (unpaired) electrons. The maximum absolute atomic E-state index is 5.39. The lowest BCUT2D eigenvalue weighted by Crippen LogP contribution is -2.30. The molecule has 0 saturated heterocycles. The highest BCUT2D eigenvalue weighted by Gasteiger charge is 2.26. The Bertz CT molecular complexity index is 278. The molecule has 0 spiro atoms. The van der Waals surface area contributed by atoms with E-state index in [2.05, 4.69) is 15.3 Å². The van der Waals surface area contributed by atoms with Crippen LogP contribution < -0.4 is 5.32 Å². The summed E-state index contributed by atoms with van der Waals surface area (Å²) in [6.07, 6.45) is 8.93. The van der Waals surface area contributed by atoms with Crippen LogP contribution >= 0.6 is 0 Å². The van der Waals surface area contributed by atoms with Gasteiger partial charge in [0.2, 0.25) is 0 Å². The highest BCUT2D eigenvalue weighted by atomic mass is 16.5. The molecule has 14 heavy (non-hydrogen) atoms. The molecular formula is C10H15N3O. The molecule has 1 aromatic rings. The second-order valence-corrected chi connectivity index (χ2v) is 3.55. The van der Waals surface area contributed by atoms with Crippen molar-refractivity contribution in [3.8, 4) is 0 Å². The number of rotatable bonds is 3. The Labute approximate surface area is 83.7 Å². The summed E-state index contributed by atoms with van der Waals surface area (Å²) >= 11 is 0. The fraction of sp³-hybridized carbons (Fsp3) is 0.600. The summed E-state index contributed by atoms with van der Waals surface area (Å²) in [5.41, 5.74) is 0. The van der Waals surface area contributed by atoms with Crippen molar-refractivity contribution >= 4 is 5.82 Å². The third-order valence-electron chi connectivity index (χ3n) is 2.65. The number of hydrogen-bond donors (Lipinski definition) is 1. The number of hydrogen-bond acceptors (Lipinski definition) is 4. The summed E-state index contributed by atoms with van der Waals surface area (Å²) in [6.45, 7) is 0. The fourth-order valence-electron chi connectivity index (χ4n) is 1.94. The highest BCUT2D eigenvalue weighted by Crippen LogP contribution is 2.23. The standard InChI is InChI=1S/C10H15N3O/c1-14-9-4-2-3-8(9)13-10-7-11-5-6-12-10/h5-9H,2-4H2,1H3,(H,12,13). The summed E-state index contributed by atoms with van der Waals surface area (Å²) in [7, 11) is 1.77. The van der Waals surface area contributed by atoms with E-state index in [4.69, 9.17) is 4.74 Å². The van der Waals surface area contributed by atoms with Gasteiger partial charge in [0.05, 0.1) is 18.3 Å². The van der Waals surface area contributed by atoms with E-state index in [1.54, 1.807) is 25.7 Å². The van der Waals surface area contributed by atoms with E-state index in [1.807, 2.05) is 0 Å². The van der Waals surface area contributed by atoms with Gasteiger partial charge in [-0.15, -0.1) is 0 Å². The minimum Gasteiger partial charge on any atom is -0.379 e. The van der Waals surface area contributed by atoms with Crippen LogP contribution in [-0.4, -0.2) is 29.2 Å². The first-order chi connectivity index (χ1) is 6.90. The van der Waals surface area contributed by atoms with Gasteiger partial charge in [0.1, 0.15) is 5.82 Å². The van der Waals surface area contributed by atoms with Crippen molar-refractivity contribution in [2.24, 2.45) is 0 Å². The SMILES string of the molecule is COC1CCCC1Nc1cnccn1. The van der Waals surface area contributed by atoms with Crippen LogP contribution in [0.25, 0.3) is 0 Å². The first kappa shape index (κ1) is 9.40. The maximum atomic E-state index is 5.39. The van der Waals surface area contributed by atoms with Crippen molar-refractivity contribution in [2.45, 2.75) is 31.4 Å². The minimum absolute atomic E-state index is 0.317. The van der Waals surface area contributed by atoms with Crippen LogP contribution in [0.5, 0.6) is 0 Å². The van der Waals surface area contributed by atoms with Crippen molar-refractivity contribution in [2.75, 3.05) is 12.4 Å². The number of nitrogens with one attached hydrogen (secondary N) is 1. The van der Waals surface area contributed by atoms with Gasteiger partial charge in [0.15, 0.2) is 0 Å². The molecule has 1 heterocycles. The van der Waals surface area contributed by atoms with E-state index in [0.29, 0.717) is 12.1 Å². The Morgan fingerprint density at radius 2 is 2.36 bits per heavy atom. The van der Waals surface area contributed by atoms with E-state index in [9.17, 15) is 0 Å². The van der Waals surface area contributed by atoms with E-state index in [0.717, 1.165) is 18.7 Å². The summed E-state index contributed by atoms with van der Waals surface area (Å²) in [6, 6.07) is 0.386. The van der Waals surface area contributed by atoms with Crippen molar-refractivity contribution in [3.05, 3.63) is 18.6 Å². The van der Waals surface area contributed by atoms with Crippen molar-refractivity contribution in [1.29, 1.82) is 0 Å². The molecule has 76 valence electrons. The molecule has 2 atom stereocenters. The lowest BCUT2D eigenvalue weighted by atomic mass is 10.2. The Morgan fingerprint density at radius 1 is 1.43 bits per heavy atom. The van der Waals surface area contributed by atoms with E-state index in [-0.39, 0.29) is 0 Å². The van der Waals surface area contributed by atoms with Crippen LogP contribution in [0.4, 0.5) is 5.82 Å². The fourth-order valence-corrected chi connectivity index (χ4v) is 1.94. The normalized spacial score (nSPS) is 26.4. The lowest BCUT2D eigenvalue weighted by Gasteiger charge is -2.19. The van der Waals surface area contributed by atoms with Crippen LogP contribution in [0.15, 0.2) is 18.6 Å². The van der Waals surface area contributed by atoms with E-state index >= 15 is 0 Å².